The normalized spacial score (nSPS) is 10.2. The minimum Gasteiger partial charge on any atom is -0.398 e. The van der Waals surface area contributed by atoms with Crippen molar-refractivity contribution in [2.45, 2.75) is 13.8 Å². The highest BCUT2D eigenvalue weighted by Crippen LogP contribution is 2.20. The Balaban J connectivity index is 2.23. The van der Waals surface area contributed by atoms with Gasteiger partial charge in [-0.15, -0.1) is 11.3 Å². The third-order valence-electron chi connectivity index (χ3n) is 2.41. The molecule has 0 saturated carbocycles. The third kappa shape index (κ3) is 2.45. The minimum absolute atomic E-state index is 0.222. The molecule has 1 aromatic heterocycles. The summed E-state index contributed by atoms with van der Waals surface area (Å²) >= 11 is 1.44. The van der Waals surface area contributed by atoms with Gasteiger partial charge in [-0.1, -0.05) is 12.1 Å². The number of benzene rings is 1. The first-order valence-corrected chi connectivity index (χ1v) is 5.98. The molecule has 0 bridgehead atoms. The van der Waals surface area contributed by atoms with Gasteiger partial charge in [-0.3, -0.25) is 10.1 Å². The number of hydrogen-bond donors (Lipinski definition) is 2. The lowest BCUT2D eigenvalue weighted by Gasteiger charge is -2.07. The fourth-order valence-corrected chi connectivity index (χ4v) is 2.12. The van der Waals surface area contributed by atoms with Gasteiger partial charge in [0.15, 0.2) is 5.13 Å². The van der Waals surface area contributed by atoms with Crippen molar-refractivity contribution in [3.63, 3.8) is 0 Å². The van der Waals surface area contributed by atoms with Gasteiger partial charge in [0, 0.05) is 16.8 Å². The Morgan fingerprint density at radius 3 is 2.82 bits per heavy atom. The molecule has 3 N–H and O–H groups in total. The smallest absolute Gasteiger partial charge is 0.259 e. The van der Waals surface area contributed by atoms with E-state index in [4.69, 9.17) is 5.73 Å². The Bertz CT molecular complexity index is 563. The number of carbonyl (C=O) groups excluding carboxylic acids is 1. The molecule has 0 radical (unpaired) electrons. The highest BCUT2D eigenvalue weighted by atomic mass is 32.1. The van der Waals surface area contributed by atoms with Gasteiger partial charge in [0.05, 0.1) is 5.56 Å². The van der Waals surface area contributed by atoms with E-state index in [-0.39, 0.29) is 5.91 Å². The molecule has 0 atom stereocenters. The molecule has 1 amide bonds. The third-order valence-corrected chi connectivity index (χ3v) is 3.24. The fourth-order valence-electron chi connectivity index (χ4n) is 1.46. The van der Waals surface area contributed by atoms with Gasteiger partial charge in [-0.2, -0.15) is 0 Å². The van der Waals surface area contributed by atoms with Gasteiger partial charge >= 0.3 is 0 Å². The first-order valence-electron chi connectivity index (χ1n) is 5.17. The van der Waals surface area contributed by atoms with Crippen LogP contribution in [0, 0.1) is 13.8 Å². The lowest BCUT2D eigenvalue weighted by Crippen LogP contribution is -2.14. The number of aromatic nitrogens is 1. The van der Waals surface area contributed by atoms with Gasteiger partial charge in [-0.05, 0) is 25.5 Å². The number of nitrogen functional groups attached to an aromatic ring is 1. The van der Waals surface area contributed by atoms with Crippen molar-refractivity contribution in [3.05, 3.63) is 40.4 Å². The van der Waals surface area contributed by atoms with Crippen LogP contribution in [-0.4, -0.2) is 10.9 Å². The van der Waals surface area contributed by atoms with Crippen LogP contribution in [0.4, 0.5) is 10.8 Å². The molecule has 0 fully saturated rings. The van der Waals surface area contributed by atoms with Crippen molar-refractivity contribution in [1.82, 2.24) is 4.98 Å². The first-order chi connectivity index (χ1) is 8.08. The standard InChI is InChI=1S/C12H13N3OS/c1-7-4-3-5-9(10(7)13)11(16)15-12-14-6-8(2)17-12/h3-6H,13H2,1-2H3,(H,14,15,16). The molecular formula is C12H13N3OS. The summed E-state index contributed by atoms with van der Waals surface area (Å²) in [5.41, 5.74) is 7.76. The summed E-state index contributed by atoms with van der Waals surface area (Å²) in [5, 5.41) is 3.33. The number of nitrogens with two attached hydrogens (primary N) is 1. The zero-order chi connectivity index (χ0) is 12.4. The van der Waals surface area contributed by atoms with E-state index >= 15 is 0 Å². The van der Waals surface area contributed by atoms with Crippen LogP contribution >= 0.6 is 11.3 Å². The number of amides is 1. The second-order valence-electron chi connectivity index (χ2n) is 3.77. The van der Waals surface area contributed by atoms with Crippen LogP contribution in [0.3, 0.4) is 0 Å². The molecule has 1 heterocycles. The van der Waals surface area contributed by atoms with E-state index in [2.05, 4.69) is 10.3 Å². The molecule has 0 aliphatic heterocycles. The van der Waals surface area contributed by atoms with Gasteiger partial charge in [0.1, 0.15) is 0 Å². The Labute approximate surface area is 103 Å². The molecule has 0 saturated heterocycles. The van der Waals surface area contributed by atoms with Crippen LogP contribution in [0.25, 0.3) is 0 Å². The van der Waals surface area contributed by atoms with Gasteiger partial charge < -0.3 is 5.73 Å². The van der Waals surface area contributed by atoms with E-state index in [1.165, 1.54) is 11.3 Å². The van der Waals surface area contributed by atoms with E-state index in [1.54, 1.807) is 12.3 Å². The lowest BCUT2D eigenvalue weighted by atomic mass is 10.1. The molecule has 4 nitrogen and oxygen atoms in total. The number of carbonyl (C=O) groups is 1. The average molecular weight is 247 g/mol. The van der Waals surface area contributed by atoms with Crippen molar-refractivity contribution in [2.75, 3.05) is 11.1 Å². The van der Waals surface area contributed by atoms with E-state index in [9.17, 15) is 4.79 Å². The van der Waals surface area contributed by atoms with E-state index < -0.39 is 0 Å². The summed E-state index contributed by atoms with van der Waals surface area (Å²) < 4.78 is 0. The molecule has 88 valence electrons. The van der Waals surface area contributed by atoms with Gasteiger partial charge in [0.25, 0.3) is 5.91 Å². The van der Waals surface area contributed by atoms with E-state index in [1.807, 2.05) is 26.0 Å². The Morgan fingerprint density at radius 1 is 1.41 bits per heavy atom. The largest absolute Gasteiger partial charge is 0.398 e. The first kappa shape index (κ1) is 11.6. The summed E-state index contributed by atoms with van der Waals surface area (Å²) in [6.45, 7) is 3.81. The quantitative estimate of drug-likeness (QED) is 0.801. The summed E-state index contributed by atoms with van der Waals surface area (Å²) in [6, 6.07) is 5.39. The Kier molecular flexibility index (Phi) is 3.10. The van der Waals surface area contributed by atoms with Crippen LogP contribution in [0.1, 0.15) is 20.8 Å². The summed E-state index contributed by atoms with van der Waals surface area (Å²) in [6.07, 6.45) is 1.72. The summed E-state index contributed by atoms with van der Waals surface area (Å²) in [4.78, 5) is 17.1. The number of nitrogens with one attached hydrogen (secondary N) is 1. The Hall–Kier alpha value is -1.88. The molecule has 0 aliphatic carbocycles. The molecule has 0 aliphatic rings. The van der Waals surface area contributed by atoms with Crippen LogP contribution < -0.4 is 11.1 Å². The average Bonchev–Trinajstić information content (AvgIpc) is 2.68. The molecule has 0 spiro atoms. The molecule has 1 aromatic carbocycles. The maximum absolute atomic E-state index is 12.0. The van der Waals surface area contributed by atoms with Crippen molar-refractivity contribution in [3.8, 4) is 0 Å². The van der Waals surface area contributed by atoms with E-state index in [0.29, 0.717) is 16.4 Å². The number of rotatable bonds is 2. The molecule has 17 heavy (non-hydrogen) atoms. The predicted molar refractivity (Wildman–Crippen MR) is 70.4 cm³/mol. The fraction of sp³-hybridized carbons (Fsp3) is 0.167. The molecular weight excluding hydrogens is 234 g/mol. The molecule has 0 unspecified atom stereocenters. The second kappa shape index (κ2) is 4.55. The number of thiazole rings is 1. The minimum atomic E-state index is -0.222. The maximum Gasteiger partial charge on any atom is 0.259 e. The highest BCUT2D eigenvalue weighted by Gasteiger charge is 2.12. The van der Waals surface area contributed by atoms with Crippen molar-refractivity contribution in [2.24, 2.45) is 0 Å². The van der Waals surface area contributed by atoms with Gasteiger partial charge in [-0.25, -0.2) is 4.98 Å². The Morgan fingerprint density at radius 2 is 2.18 bits per heavy atom. The molecule has 2 rings (SSSR count). The predicted octanol–water partition coefficient (Wildman–Crippen LogP) is 2.59. The number of nitrogens with zero attached hydrogens (tertiary/aromatic N) is 1. The van der Waals surface area contributed by atoms with E-state index in [0.717, 1.165) is 10.4 Å². The number of anilines is 2. The number of hydrogen-bond acceptors (Lipinski definition) is 4. The second-order valence-corrected chi connectivity index (χ2v) is 5.00. The number of aryl methyl sites for hydroxylation is 2. The van der Waals surface area contributed by atoms with Crippen LogP contribution in [0.5, 0.6) is 0 Å². The highest BCUT2D eigenvalue weighted by molar-refractivity contribution is 7.15. The summed E-state index contributed by atoms with van der Waals surface area (Å²) in [5.74, 6) is -0.222. The van der Waals surface area contributed by atoms with Crippen LogP contribution in [0.15, 0.2) is 24.4 Å². The zero-order valence-electron chi connectivity index (χ0n) is 9.65. The van der Waals surface area contributed by atoms with Crippen LogP contribution in [0.2, 0.25) is 0 Å². The van der Waals surface area contributed by atoms with Crippen LogP contribution in [-0.2, 0) is 0 Å². The van der Waals surface area contributed by atoms with Crippen molar-refractivity contribution < 1.29 is 4.79 Å². The monoisotopic (exact) mass is 247 g/mol. The SMILES string of the molecule is Cc1cnc(NC(=O)c2cccc(C)c2N)s1. The van der Waals surface area contributed by atoms with Gasteiger partial charge in [0.2, 0.25) is 0 Å². The summed E-state index contributed by atoms with van der Waals surface area (Å²) in [7, 11) is 0. The zero-order valence-corrected chi connectivity index (χ0v) is 10.5. The van der Waals surface area contributed by atoms with Crippen molar-refractivity contribution in [1.29, 1.82) is 0 Å². The molecule has 2 aromatic rings. The maximum atomic E-state index is 12.0. The molecule has 5 heteroatoms. The van der Waals surface area contributed by atoms with Crippen molar-refractivity contribution >= 4 is 28.1 Å². The lowest BCUT2D eigenvalue weighted by molar-refractivity contribution is 0.102. The topological polar surface area (TPSA) is 68.0 Å². The number of para-hydroxylation sites is 1.